The number of carbonyl (C=O) groups is 2. The highest BCUT2D eigenvalue weighted by Gasteiger charge is 2.28. The smallest absolute Gasteiger partial charge is 0.264 e. The summed E-state index contributed by atoms with van der Waals surface area (Å²) in [6.45, 7) is 1.32. The minimum atomic E-state index is -4.08. The number of methoxy groups -OCH3 is 1. The van der Waals surface area contributed by atoms with Gasteiger partial charge in [-0.2, -0.15) is 0 Å². The van der Waals surface area contributed by atoms with Gasteiger partial charge in [-0.1, -0.05) is 35.9 Å². The van der Waals surface area contributed by atoms with Gasteiger partial charge in [0, 0.05) is 6.07 Å². The summed E-state index contributed by atoms with van der Waals surface area (Å²) in [5.41, 5.74) is 6.83. The maximum atomic E-state index is 13.4. The number of hydrogen-bond donors (Lipinski definition) is 2. The van der Waals surface area contributed by atoms with E-state index in [-0.39, 0.29) is 21.8 Å². The molecule has 0 unspecified atom stereocenters. The summed E-state index contributed by atoms with van der Waals surface area (Å²) in [6, 6.07) is 19.0. The normalized spacial score (nSPS) is 10.9. The molecule has 3 N–H and O–H groups in total. The summed E-state index contributed by atoms with van der Waals surface area (Å²) in [5.74, 6) is -0.916. The molecular weight excluding hydrogens is 430 g/mol. The number of anilines is 2. The Hall–Kier alpha value is -3.85. The zero-order chi connectivity index (χ0) is 23.3. The number of nitrogens with one attached hydrogen (secondary N) is 1. The van der Waals surface area contributed by atoms with Crippen molar-refractivity contribution in [2.24, 2.45) is 5.73 Å². The van der Waals surface area contributed by atoms with Crippen LogP contribution in [0.1, 0.15) is 15.9 Å². The predicted octanol–water partition coefficient (Wildman–Crippen LogP) is 2.94. The number of aryl methyl sites for hydroxylation is 1. The summed E-state index contributed by atoms with van der Waals surface area (Å²) < 4.78 is 33.1. The van der Waals surface area contributed by atoms with E-state index in [2.05, 4.69) is 5.32 Å². The zero-order valence-electron chi connectivity index (χ0n) is 17.6. The molecule has 0 bridgehead atoms. The lowest BCUT2D eigenvalue weighted by Crippen LogP contribution is -2.38. The summed E-state index contributed by atoms with van der Waals surface area (Å²) in [6.07, 6.45) is 0. The largest absolute Gasteiger partial charge is 0.497 e. The molecule has 0 aliphatic carbocycles. The van der Waals surface area contributed by atoms with Gasteiger partial charge in [-0.05, 0) is 43.3 Å². The van der Waals surface area contributed by atoms with Gasteiger partial charge in [0.1, 0.15) is 12.3 Å². The summed E-state index contributed by atoms with van der Waals surface area (Å²) in [5, 5.41) is 2.58. The molecule has 0 spiro atoms. The van der Waals surface area contributed by atoms with Crippen molar-refractivity contribution in [3.05, 3.63) is 83.9 Å². The third-order valence-electron chi connectivity index (χ3n) is 4.70. The molecule has 3 rings (SSSR count). The third kappa shape index (κ3) is 5.06. The maximum Gasteiger partial charge on any atom is 0.264 e. The number of hydrogen-bond acceptors (Lipinski definition) is 5. The molecule has 0 atom stereocenters. The lowest BCUT2D eigenvalue weighted by atomic mass is 10.1. The molecule has 0 aromatic heterocycles. The van der Waals surface area contributed by atoms with Crippen LogP contribution in [0.3, 0.4) is 0 Å². The van der Waals surface area contributed by atoms with Crippen LogP contribution in [0.5, 0.6) is 5.75 Å². The van der Waals surface area contributed by atoms with Gasteiger partial charge in [0.25, 0.3) is 15.9 Å². The second-order valence-corrected chi connectivity index (χ2v) is 8.85. The van der Waals surface area contributed by atoms with E-state index in [1.54, 1.807) is 42.5 Å². The quantitative estimate of drug-likeness (QED) is 0.544. The number of amides is 2. The highest BCUT2D eigenvalue weighted by Crippen LogP contribution is 2.27. The fourth-order valence-electron chi connectivity index (χ4n) is 3.05. The van der Waals surface area contributed by atoms with E-state index >= 15 is 0 Å². The molecule has 166 valence electrons. The van der Waals surface area contributed by atoms with Gasteiger partial charge in [-0.3, -0.25) is 13.9 Å². The fourth-order valence-corrected chi connectivity index (χ4v) is 4.46. The van der Waals surface area contributed by atoms with Crippen LogP contribution < -0.4 is 20.1 Å². The molecule has 0 heterocycles. The van der Waals surface area contributed by atoms with E-state index in [0.717, 1.165) is 9.87 Å². The van der Waals surface area contributed by atoms with Crippen molar-refractivity contribution in [2.75, 3.05) is 23.3 Å². The monoisotopic (exact) mass is 453 g/mol. The van der Waals surface area contributed by atoms with E-state index in [0.29, 0.717) is 5.75 Å². The summed E-state index contributed by atoms with van der Waals surface area (Å²) in [7, 11) is -2.62. The van der Waals surface area contributed by atoms with Crippen LogP contribution in [0.4, 0.5) is 11.4 Å². The Morgan fingerprint density at radius 3 is 2.34 bits per heavy atom. The first kappa shape index (κ1) is 22.8. The number of nitrogens with zero attached hydrogens (tertiary/aromatic N) is 1. The zero-order valence-corrected chi connectivity index (χ0v) is 18.4. The van der Waals surface area contributed by atoms with Crippen LogP contribution in [-0.2, 0) is 14.8 Å². The Labute approximate surface area is 186 Å². The molecule has 32 heavy (non-hydrogen) atoms. The molecule has 0 saturated carbocycles. The van der Waals surface area contributed by atoms with Gasteiger partial charge in [-0.25, -0.2) is 8.42 Å². The van der Waals surface area contributed by atoms with Crippen LogP contribution in [-0.4, -0.2) is 33.9 Å². The van der Waals surface area contributed by atoms with Crippen molar-refractivity contribution in [1.82, 2.24) is 0 Å². The average Bonchev–Trinajstić information content (AvgIpc) is 2.78. The van der Waals surface area contributed by atoms with Gasteiger partial charge in [0.2, 0.25) is 5.91 Å². The minimum Gasteiger partial charge on any atom is -0.497 e. The van der Waals surface area contributed by atoms with E-state index < -0.39 is 28.4 Å². The molecule has 9 heteroatoms. The number of ether oxygens (including phenoxy) is 1. The highest BCUT2D eigenvalue weighted by atomic mass is 32.2. The van der Waals surface area contributed by atoms with Gasteiger partial charge in [0.05, 0.1) is 28.9 Å². The number of rotatable bonds is 8. The van der Waals surface area contributed by atoms with Gasteiger partial charge >= 0.3 is 0 Å². The van der Waals surface area contributed by atoms with Crippen molar-refractivity contribution in [2.45, 2.75) is 11.8 Å². The molecule has 8 nitrogen and oxygen atoms in total. The second-order valence-electron chi connectivity index (χ2n) is 6.98. The fraction of sp³-hybridized carbons (Fsp3) is 0.130. The molecule has 3 aromatic rings. The SMILES string of the molecule is COc1cccc(N(CC(=O)Nc2ccccc2C(N)=O)S(=O)(=O)c2ccc(C)cc2)c1. The second kappa shape index (κ2) is 9.52. The van der Waals surface area contributed by atoms with Crippen LogP contribution in [0.15, 0.2) is 77.7 Å². The molecule has 2 amide bonds. The Bertz CT molecular complexity index is 1240. The minimum absolute atomic E-state index is 0.0382. The first-order chi connectivity index (χ1) is 15.2. The van der Waals surface area contributed by atoms with Gasteiger partial charge < -0.3 is 15.8 Å². The van der Waals surface area contributed by atoms with Crippen molar-refractivity contribution < 1.29 is 22.7 Å². The summed E-state index contributed by atoms with van der Waals surface area (Å²) >= 11 is 0. The van der Waals surface area contributed by atoms with Crippen molar-refractivity contribution in [1.29, 1.82) is 0 Å². The van der Waals surface area contributed by atoms with E-state index in [9.17, 15) is 18.0 Å². The topological polar surface area (TPSA) is 119 Å². The van der Waals surface area contributed by atoms with E-state index in [1.807, 2.05) is 6.92 Å². The molecule has 0 fully saturated rings. The lowest BCUT2D eigenvalue weighted by molar-refractivity contribution is -0.114. The van der Waals surface area contributed by atoms with Crippen LogP contribution in [0.2, 0.25) is 0 Å². The molecule has 0 aliphatic heterocycles. The maximum absolute atomic E-state index is 13.4. The Morgan fingerprint density at radius 2 is 1.69 bits per heavy atom. The summed E-state index contributed by atoms with van der Waals surface area (Å²) in [4.78, 5) is 24.5. The van der Waals surface area contributed by atoms with Crippen molar-refractivity contribution in [3.8, 4) is 5.75 Å². The highest BCUT2D eigenvalue weighted by molar-refractivity contribution is 7.92. The van der Waals surface area contributed by atoms with Crippen molar-refractivity contribution in [3.63, 3.8) is 0 Å². The molecule has 0 saturated heterocycles. The molecule has 0 radical (unpaired) electrons. The Balaban J connectivity index is 1.98. The first-order valence-corrected chi connectivity index (χ1v) is 11.1. The Kier molecular flexibility index (Phi) is 6.79. The average molecular weight is 454 g/mol. The van der Waals surface area contributed by atoms with Gasteiger partial charge in [-0.15, -0.1) is 0 Å². The predicted molar refractivity (Wildman–Crippen MR) is 122 cm³/mol. The lowest BCUT2D eigenvalue weighted by Gasteiger charge is -2.24. The van der Waals surface area contributed by atoms with E-state index in [1.165, 1.54) is 37.4 Å². The number of benzene rings is 3. The van der Waals surface area contributed by atoms with Gasteiger partial charge in [0.15, 0.2) is 0 Å². The van der Waals surface area contributed by atoms with Crippen LogP contribution in [0, 0.1) is 6.92 Å². The number of para-hydroxylation sites is 1. The van der Waals surface area contributed by atoms with Crippen molar-refractivity contribution >= 4 is 33.2 Å². The molecular formula is C23H23N3O5S. The number of carbonyl (C=O) groups excluding carboxylic acids is 2. The van der Waals surface area contributed by atoms with E-state index in [4.69, 9.17) is 10.5 Å². The standard InChI is InChI=1S/C23H23N3O5S/c1-16-10-12-19(13-11-16)32(29,30)26(17-6-5-7-18(14-17)31-2)15-22(27)25-21-9-4-3-8-20(21)23(24)28/h3-14H,15H2,1-2H3,(H2,24,28)(H,25,27). The molecule has 3 aromatic carbocycles. The Morgan fingerprint density at radius 1 is 1.00 bits per heavy atom. The van der Waals surface area contributed by atoms with Crippen LogP contribution >= 0.6 is 0 Å². The first-order valence-electron chi connectivity index (χ1n) is 9.64. The molecule has 0 aliphatic rings. The number of primary amides is 1. The number of nitrogens with two attached hydrogens (primary N) is 1. The van der Waals surface area contributed by atoms with Crippen LogP contribution in [0.25, 0.3) is 0 Å². The number of sulfonamides is 1. The third-order valence-corrected chi connectivity index (χ3v) is 6.49.